The second-order valence-corrected chi connectivity index (χ2v) is 5.41. The lowest BCUT2D eigenvalue weighted by Gasteiger charge is -2.41. The van der Waals surface area contributed by atoms with E-state index >= 15 is 0 Å². The Morgan fingerprint density at radius 3 is 2.87 bits per heavy atom. The first-order valence-corrected chi connectivity index (χ1v) is 5.70. The van der Waals surface area contributed by atoms with Gasteiger partial charge in [-0.3, -0.25) is 4.79 Å². The highest BCUT2D eigenvalue weighted by Crippen LogP contribution is 2.31. The summed E-state index contributed by atoms with van der Waals surface area (Å²) in [5, 5.41) is 12.4. The number of carbonyl (C=O) groups is 1. The van der Waals surface area contributed by atoms with Crippen molar-refractivity contribution in [2.75, 3.05) is 0 Å². The van der Waals surface area contributed by atoms with Crippen molar-refractivity contribution in [1.82, 2.24) is 9.69 Å². The highest BCUT2D eigenvalue weighted by Gasteiger charge is 2.39. The van der Waals surface area contributed by atoms with Crippen LogP contribution in [0.5, 0.6) is 0 Å². The van der Waals surface area contributed by atoms with Crippen LogP contribution in [0, 0.1) is 6.92 Å². The molecule has 1 aliphatic carbocycles. The fourth-order valence-electron chi connectivity index (χ4n) is 1.84. The highest BCUT2D eigenvalue weighted by molar-refractivity contribution is 7.05. The van der Waals surface area contributed by atoms with Gasteiger partial charge in [-0.15, -0.1) is 0 Å². The summed E-state index contributed by atoms with van der Waals surface area (Å²) in [6, 6.07) is 1.87. The van der Waals surface area contributed by atoms with Gasteiger partial charge in [0.25, 0.3) is 5.91 Å². The average Bonchev–Trinajstić information content (AvgIpc) is 2.48. The maximum absolute atomic E-state index is 11.6. The van der Waals surface area contributed by atoms with Crippen molar-refractivity contribution >= 4 is 17.4 Å². The zero-order valence-corrected chi connectivity index (χ0v) is 9.60. The lowest BCUT2D eigenvalue weighted by atomic mass is 9.77. The number of nitrogens with zero attached hydrogens (tertiary/aromatic N) is 1. The largest absolute Gasteiger partial charge is 0.390 e. The van der Waals surface area contributed by atoms with Crippen LogP contribution in [-0.4, -0.2) is 27.0 Å². The third kappa shape index (κ3) is 2.35. The van der Waals surface area contributed by atoms with Gasteiger partial charge >= 0.3 is 0 Å². The van der Waals surface area contributed by atoms with Crippen molar-refractivity contribution < 1.29 is 9.90 Å². The lowest BCUT2D eigenvalue weighted by Crippen LogP contribution is -2.53. The smallest absolute Gasteiger partial charge is 0.271 e. The average molecular weight is 226 g/mol. The fourth-order valence-corrected chi connectivity index (χ4v) is 2.38. The maximum atomic E-state index is 11.6. The molecule has 1 fully saturated rings. The van der Waals surface area contributed by atoms with Crippen LogP contribution in [-0.2, 0) is 0 Å². The molecule has 0 bridgehead atoms. The SMILES string of the molecule is Cc1cc(C(=O)NC2CC(C)(O)C2)ns1. The van der Waals surface area contributed by atoms with E-state index in [1.807, 2.05) is 6.92 Å². The first-order valence-electron chi connectivity index (χ1n) is 4.93. The quantitative estimate of drug-likeness (QED) is 0.793. The number of aryl methyl sites for hydroxylation is 1. The van der Waals surface area contributed by atoms with Crippen LogP contribution >= 0.6 is 11.5 Å². The van der Waals surface area contributed by atoms with E-state index in [0.717, 1.165) is 4.88 Å². The molecule has 0 saturated heterocycles. The van der Waals surface area contributed by atoms with Crippen molar-refractivity contribution in [2.45, 2.75) is 38.3 Å². The summed E-state index contributed by atoms with van der Waals surface area (Å²) in [6.45, 7) is 3.70. The molecular formula is C10H14N2O2S. The molecule has 1 aromatic heterocycles. The van der Waals surface area contributed by atoms with Crippen molar-refractivity contribution in [3.8, 4) is 0 Å². The number of aromatic nitrogens is 1. The van der Waals surface area contributed by atoms with Crippen LogP contribution < -0.4 is 5.32 Å². The molecule has 0 aromatic carbocycles. The Morgan fingerprint density at radius 1 is 1.73 bits per heavy atom. The molecule has 0 atom stereocenters. The van der Waals surface area contributed by atoms with Gasteiger partial charge in [0, 0.05) is 10.9 Å². The summed E-state index contributed by atoms with van der Waals surface area (Å²) in [5.41, 5.74) is -0.125. The number of nitrogens with one attached hydrogen (secondary N) is 1. The molecule has 1 heterocycles. The van der Waals surface area contributed by atoms with Gasteiger partial charge in [0.2, 0.25) is 0 Å². The van der Waals surface area contributed by atoms with E-state index in [1.54, 1.807) is 13.0 Å². The first kappa shape index (κ1) is 10.6. The molecule has 0 radical (unpaired) electrons. The third-order valence-corrected chi connectivity index (χ3v) is 3.26. The van der Waals surface area contributed by atoms with Gasteiger partial charge in [0.15, 0.2) is 0 Å². The van der Waals surface area contributed by atoms with Gasteiger partial charge in [0.1, 0.15) is 5.69 Å². The molecule has 82 valence electrons. The summed E-state index contributed by atoms with van der Waals surface area (Å²) >= 11 is 1.33. The van der Waals surface area contributed by atoms with Crippen LogP contribution in [0.4, 0.5) is 0 Å². The normalized spacial score (nSPS) is 29.7. The predicted molar refractivity (Wildman–Crippen MR) is 58.0 cm³/mol. The van der Waals surface area contributed by atoms with Gasteiger partial charge in [-0.2, -0.15) is 4.37 Å². The van der Waals surface area contributed by atoms with E-state index in [2.05, 4.69) is 9.69 Å². The molecule has 15 heavy (non-hydrogen) atoms. The van der Waals surface area contributed by atoms with Crippen molar-refractivity contribution in [2.24, 2.45) is 0 Å². The van der Waals surface area contributed by atoms with E-state index in [9.17, 15) is 9.90 Å². The van der Waals surface area contributed by atoms with E-state index in [4.69, 9.17) is 0 Å². The lowest BCUT2D eigenvalue weighted by molar-refractivity contribution is -0.0367. The Kier molecular flexibility index (Phi) is 2.52. The molecule has 4 nitrogen and oxygen atoms in total. The van der Waals surface area contributed by atoms with Crippen LogP contribution in [0.1, 0.15) is 35.1 Å². The van der Waals surface area contributed by atoms with E-state index in [-0.39, 0.29) is 11.9 Å². The Bertz CT molecular complexity index is 379. The highest BCUT2D eigenvalue weighted by atomic mass is 32.1. The molecule has 1 amide bonds. The second kappa shape index (κ2) is 3.57. The van der Waals surface area contributed by atoms with E-state index < -0.39 is 5.60 Å². The third-order valence-electron chi connectivity index (χ3n) is 2.57. The van der Waals surface area contributed by atoms with Crippen LogP contribution in [0.2, 0.25) is 0 Å². The Hall–Kier alpha value is -0.940. The van der Waals surface area contributed by atoms with Gasteiger partial charge in [-0.05, 0) is 44.3 Å². The van der Waals surface area contributed by atoms with Crippen molar-refractivity contribution in [1.29, 1.82) is 0 Å². The molecule has 2 rings (SSSR count). The van der Waals surface area contributed by atoms with E-state index in [1.165, 1.54) is 11.5 Å². The minimum Gasteiger partial charge on any atom is -0.390 e. The van der Waals surface area contributed by atoms with Crippen LogP contribution in [0.15, 0.2) is 6.07 Å². The standard InChI is InChI=1S/C10H14N2O2S/c1-6-3-8(12-15-6)9(13)11-7-4-10(2,14)5-7/h3,7,14H,4-5H2,1-2H3,(H,11,13). The summed E-state index contributed by atoms with van der Waals surface area (Å²) in [4.78, 5) is 12.7. The molecule has 0 unspecified atom stereocenters. The summed E-state index contributed by atoms with van der Waals surface area (Å²) in [5.74, 6) is -0.139. The monoisotopic (exact) mass is 226 g/mol. The Balaban J connectivity index is 1.89. The topological polar surface area (TPSA) is 62.2 Å². The second-order valence-electron chi connectivity index (χ2n) is 4.40. The van der Waals surface area contributed by atoms with Crippen molar-refractivity contribution in [3.63, 3.8) is 0 Å². The van der Waals surface area contributed by atoms with Crippen molar-refractivity contribution in [3.05, 3.63) is 16.6 Å². The number of amides is 1. The number of rotatable bonds is 2. The molecular weight excluding hydrogens is 212 g/mol. The molecule has 0 spiro atoms. The minimum absolute atomic E-state index is 0.0921. The molecule has 1 saturated carbocycles. The van der Waals surface area contributed by atoms with Gasteiger partial charge in [0.05, 0.1) is 5.60 Å². The van der Waals surface area contributed by atoms with E-state index in [0.29, 0.717) is 18.5 Å². The predicted octanol–water partition coefficient (Wildman–Crippen LogP) is 1.09. The first-order chi connectivity index (χ1) is 6.96. The molecule has 1 aromatic rings. The molecule has 5 heteroatoms. The molecule has 0 aliphatic heterocycles. The number of carbonyl (C=O) groups excluding carboxylic acids is 1. The summed E-state index contributed by atoms with van der Waals surface area (Å²) in [6.07, 6.45) is 1.25. The number of aliphatic hydroxyl groups is 1. The van der Waals surface area contributed by atoms with Gasteiger partial charge in [-0.25, -0.2) is 0 Å². The summed E-state index contributed by atoms with van der Waals surface area (Å²) < 4.78 is 4.03. The zero-order valence-electron chi connectivity index (χ0n) is 8.78. The van der Waals surface area contributed by atoms with Gasteiger partial charge < -0.3 is 10.4 Å². The van der Waals surface area contributed by atoms with Crippen LogP contribution in [0.3, 0.4) is 0 Å². The summed E-state index contributed by atoms with van der Waals surface area (Å²) in [7, 11) is 0. The maximum Gasteiger partial charge on any atom is 0.271 e. The number of hydrogen-bond acceptors (Lipinski definition) is 4. The van der Waals surface area contributed by atoms with Gasteiger partial charge in [-0.1, -0.05) is 0 Å². The Labute approximate surface area is 92.5 Å². The minimum atomic E-state index is -0.601. The van der Waals surface area contributed by atoms with Crippen LogP contribution in [0.25, 0.3) is 0 Å². The Morgan fingerprint density at radius 2 is 2.40 bits per heavy atom. The molecule has 1 aliphatic rings. The molecule has 2 N–H and O–H groups in total. The zero-order chi connectivity index (χ0) is 11.1. The number of hydrogen-bond donors (Lipinski definition) is 2. The fraction of sp³-hybridized carbons (Fsp3) is 0.600.